The van der Waals surface area contributed by atoms with Crippen LogP contribution in [0.3, 0.4) is 0 Å². The zero-order valence-corrected chi connectivity index (χ0v) is 17.7. The molecule has 0 aliphatic carbocycles. The van der Waals surface area contributed by atoms with Gasteiger partial charge in [0.1, 0.15) is 0 Å². The first-order valence-electron chi connectivity index (χ1n) is 11.1. The maximum atomic E-state index is 10.5. The van der Waals surface area contributed by atoms with E-state index in [1.807, 2.05) is 0 Å². The van der Waals surface area contributed by atoms with Crippen molar-refractivity contribution >= 4 is 18.6 Å². The van der Waals surface area contributed by atoms with E-state index >= 15 is 0 Å². The Morgan fingerprint density at radius 2 is 1.00 bits per heavy atom. The van der Waals surface area contributed by atoms with Gasteiger partial charge in [-0.25, -0.2) is 0 Å². The normalized spacial score (nSPS) is 12.4. The minimum absolute atomic E-state index is 0.0360. The molecule has 0 aliphatic heterocycles. The average molecular weight is 373 g/mol. The third-order valence-electron chi connectivity index (χ3n) is 5.05. The van der Waals surface area contributed by atoms with Crippen molar-refractivity contribution in [2.45, 2.75) is 134 Å². The summed E-state index contributed by atoms with van der Waals surface area (Å²) in [7, 11) is 0. The number of thiol groups is 1. The van der Waals surface area contributed by atoms with Gasteiger partial charge in [-0.3, -0.25) is 4.79 Å². The summed E-state index contributed by atoms with van der Waals surface area (Å²) in [6, 6.07) is 0. The quantitative estimate of drug-likeness (QED) is 0.169. The van der Waals surface area contributed by atoms with Crippen LogP contribution in [0.4, 0.5) is 0 Å². The van der Waals surface area contributed by atoms with Crippen LogP contribution in [0.15, 0.2) is 0 Å². The number of aliphatic carboxylic acids is 1. The van der Waals surface area contributed by atoms with Crippen molar-refractivity contribution in [3.05, 3.63) is 0 Å². The van der Waals surface area contributed by atoms with Crippen molar-refractivity contribution in [2.75, 3.05) is 0 Å². The fraction of sp³-hybridized carbons (Fsp3) is 0.955. The molecule has 0 bridgehead atoms. The van der Waals surface area contributed by atoms with Crippen molar-refractivity contribution in [1.82, 2.24) is 0 Å². The Bertz CT molecular complexity index is 281. The van der Waals surface area contributed by atoms with Gasteiger partial charge in [-0.2, -0.15) is 12.6 Å². The summed E-state index contributed by atoms with van der Waals surface area (Å²) in [6.07, 6.45) is 24.6. The zero-order chi connectivity index (χ0) is 18.6. The van der Waals surface area contributed by atoms with Crippen LogP contribution in [-0.2, 0) is 4.79 Å². The summed E-state index contributed by atoms with van der Waals surface area (Å²) in [4.78, 5) is 10.5. The third-order valence-corrected chi connectivity index (χ3v) is 5.49. The van der Waals surface area contributed by atoms with E-state index in [0.29, 0.717) is 0 Å². The number of unbranched alkanes of at least 4 members (excludes halogenated alkanes) is 16. The smallest absolute Gasteiger partial charge is 0.304 e. The predicted octanol–water partition coefficient (Wildman–Crippen LogP) is 7.80. The van der Waals surface area contributed by atoms with Crippen LogP contribution < -0.4 is 0 Å². The number of carboxylic acid groups (broad SMARTS) is 1. The molecule has 0 amide bonds. The molecule has 0 fully saturated rings. The highest BCUT2D eigenvalue weighted by molar-refractivity contribution is 7.81. The van der Waals surface area contributed by atoms with Crippen LogP contribution >= 0.6 is 12.6 Å². The largest absolute Gasteiger partial charge is 0.481 e. The van der Waals surface area contributed by atoms with Crippen LogP contribution in [-0.4, -0.2) is 16.3 Å². The molecule has 0 aromatic rings. The second-order valence-electron chi connectivity index (χ2n) is 7.70. The predicted molar refractivity (Wildman–Crippen MR) is 114 cm³/mol. The maximum Gasteiger partial charge on any atom is 0.304 e. The van der Waals surface area contributed by atoms with Gasteiger partial charge in [-0.1, -0.05) is 116 Å². The van der Waals surface area contributed by atoms with Gasteiger partial charge in [0, 0.05) is 5.25 Å². The molecule has 1 unspecified atom stereocenters. The molecule has 0 aromatic carbocycles. The Labute approximate surface area is 163 Å². The van der Waals surface area contributed by atoms with Crippen molar-refractivity contribution in [3.63, 3.8) is 0 Å². The van der Waals surface area contributed by atoms with Gasteiger partial charge in [0.05, 0.1) is 6.42 Å². The lowest BCUT2D eigenvalue weighted by Gasteiger charge is -2.07. The molecule has 0 heterocycles. The highest BCUT2D eigenvalue weighted by Gasteiger charge is 2.07. The van der Waals surface area contributed by atoms with Crippen LogP contribution in [0.1, 0.15) is 129 Å². The minimum atomic E-state index is -0.730. The highest BCUT2D eigenvalue weighted by atomic mass is 32.1. The van der Waals surface area contributed by atoms with E-state index in [9.17, 15) is 4.79 Å². The van der Waals surface area contributed by atoms with Crippen molar-refractivity contribution < 1.29 is 9.90 Å². The lowest BCUT2D eigenvalue weighted by atomic mass is 10.0. The van der Waals surface area contributed by atoms with E-state index in [-0.39, 0.29) is 11.7 Å². The average Bonchev–Trinajstić information content (AvgIpc) is 2.57. The lowest BCUT2D eigenvalue weighted by molar-refractivity contribution is -0.137. The van der Waals surface area contributed by atoms with Crippen molar-refractivity contribution in [1.29, 1.82) is 0 Å². The molecule has 0 aromatic heterocycles. The van der Waals surface area contributed by atoms with Crippen LogP contribution in [0.5, 0.6) is 0 Å². The van der Waals surface area contributed by atoms with Crippen molar-refractivity contribution in [3.8, 4) is 0 Å². The monoisotopic (exact) mass is 372 g/mol. The second-order valence-corrected chi connectivity index (χ2v) is 8.43. The number of carboxylic acids is 1. The van der Waals surface area contributed by atoms with Gasteiger partial charge in [0.15, 0.2) is 0 Å². The number of carbonyl (C=O) groups is 1. The molecule has 150 valence electrons. The molecular formula is C22H44O2S. The summed E-state index contributed by atoms with van der Waals surface area (Å²) in [6.45, 7) is 2.28. The first kappa shape index (κ1) is 24.8. The fourth-order valence-corrected chi connectivity index (χ4v) is 3.75. The second kappa shape index (κ2) is 20.1. The van der Waals surface area contributed by atoms with Gasteiger partial charge in [-0.15, -0.1) is 0 Å². The van der Waals surface area contributed by atoms with E-state index in [1.165, 1.54) is 103 Å². The standard InChI is InChI=1S/C22H44O2S/c1-2-3-4-5-6-7-8-9-10-11-12-13-14-15-16-17-18-19-21(25)20-22(23)24/h21,25H,2-20H2,1H3,(H,23,24). The number of hydrogen-bond donors (Lipinski definition) is 2. The summed E-state index contributed by atoms with van der Waals surface area (Å²) >= 11 is 4.32. The third kappa shape index (κ3) is 21.8. The summed E-state index contributed by atoms with van der Waals surface area (Å²) in [5, 5.41) is 8.71. The van der Waals surface area contributed by atoms with Crippen LogP contribution in [0.25, 0.3) is 0 Å². The number of rotatable bonds is 20. The Morgan fingerprint density at radius 3 is 1.32 bits per heavy atom. The summed E-state index contributed by atoms with van der Waals surface area (Å²) in [5.74, 6) is -0.730. The molecule has 3 heteroatoms. The molecule has 1 atom stereocenters. The molecule has 2 nitrogen and oxygen atoms in total. The molecule has 0 rings (SSSR count). The fourth-order valence-electron chi connectivity index (χ4n) is 3.41. The summed E-state index contributed by atoms with van der Waals surface area (Å²) in [5.41, 5.74) is 0. The van der Waals surface area contributed by atoms with E-state index in [2.05, 4.69) is 19.6 Å². The minimum Gasteiger partial charge on any atom is -0.481 e. The molecule has 0 saturated heterocycles. The zero-order valence-electron chi connectivity index (χ0n) is 16.8. The maximum absolute atomic E-state index is 10.5. The van der Waals surface area contributed by atoms with Crippen LogP contribution in [0.2, 0.25) is 0 Å². The van der Waals surface area contributed by atoms with Gasteiger partial charge < -0.3 is 5.11 Å². The Kier molecular flexibility index (Phi) is 20.0. The van der Waals surface area contributed by atoms with Gasteiger partial charge in [0.25, 0.3) is 0 Å². The van der Waals surface area contributed by atoms with E-state index in [1.54, 1.807) is 0 Å². The Morgan fingerprint density at radius 1 is 0.680 bits per heavy atom. The van der Waals surface area contributed by atoms with E-state index in [0.717, 1.165) is 12.8 Å². The Hall–Kier alpha value is -0.180. The first-order valence-corrected chi connectivity index (χ1v) is 11.6. The molecule has 0 aliphatic rings. The van der Waals surface area contributed by atoms with Gasteiger partial charge in [0.2, 0.25) is 0 Å². The highest BCUT2D eigenvalue weighted by Crippen LogP contribution is 2.16. The summed E-state index contributed by atoms with van der Waals surface area (Å²) < 4.78 is 0. The van der Waals surface area contributed by atoms with E-state index < -0.39 is 5.97 Å². The van der Waals surface area contributed by atoms with Gasteiger partial charge >= 0.3 is 5.97 Å². The lowest BCUT2D eigenvalue weighted by Crippen LogP contribution is -2.06. The van der Waals surface area contributed by atoms with Crippen molar-refractivity contribution in [2.24, 2.45) is 0 Å². The van der Waals surface area contributed by atoms with E-state index in [4.69, 9.17) is 5.11 Å². The molecule has 25 heavy (non-hydrogen) atoms. The Balaban J connectivity index is 3.06. The first-order chi connectivity index (χ1) is 12.2. The molecule has 1 N–H and O–H groups in total. The SMILES string of the molecule is CCCCCCCCCCCCCCCCCCCC(S)CC(=O)O. The topological polar surface area (TPSA) is 37.3 Å². The molecular weight excluding hydrogens is 328 g/mol. The number of hydrogen-bond acceptors (Lipinski definition) is 2. The van der Waals surface area contributed by atoms with Gasteiger partial charge in [-0.05, 0) is 6.42 Å². The molecule has 0 saturated carbocycles. The molecule has 0 radical (unpaired) electrons. The van der Waals surface area contributed by atoms with Crippen LogP contribution in [0, 0.1) is 0 Å². The molecule has 0 spiro atoms.